The van der Waals surface area contributed by atoms with Crippen LogP contribution in [0.5, 0.6) is 0 Å². The van der Waals surface area contributed by atoms with Gasteiger partial charge in [0, 0.05) is 5.57 Å². The lowest BCUT2D eigenvalue weighted by molar-refractivity contribution is -0.115. The third-order valence-corrected chi connectivity index (χ3v) is 1.92. The molecule has 0 heterocycles. The van der Waals surface area contributed by atoms with Crippen LogP contribution in [0.15, 0.2) is 22.8 Å². The van der Waals surface area contributed by atoms with Crippen LogP contribution in [0.4, 0.5) is 0 Å². The van der Waals surface area contributed by atoms with Gasteiger partial charge in [-0.1, -0.05) is 6.92 Å². The van der Waals surface area contributed by atoms with Crippen LogP contribution in [0.3, 0.4) is 0 Å². The predicted molar refractivity (Wildman–Crippen MR) is 46.6 cm³/mol. The summed E-state index contributed by atoms with van der Waals surface area (Å²) in [5.74, 6) is -1.06. The smallest absolute Gasteiger partial charge is 0.201 e. The van der Waals surface area contributed by atoms with Gasteiger partial charge >= 0.3 is 0 Å². The largest absolute Gasteiger partial charge is 0.288 e. The van der Waals surface area contributed by atoms with Gasteiger partial charge in [-0.2, -0.15) is 10.5 Å². The van der Waals surface area contributed by atoms with E-state index in [9.17, 15) is 9.59 Å². The summed E-state index contributed by atoms with van der Waals surface area (Å²) in [6.45, 7) is 1.71. The summed E-state index contributed by atoms with van der Waals surface area (Å²) < 4.78 is 0. The van der Waals surface area contributed by atoms with Crippen LogP contribution in [0.2, 0.25) is 0 Å². The highest BCUT2D eigenvalue weighted by Crippen LogP contribution is 2.20. The molecule has 0 saturated carbocycles. The zero-order chi connectivity index (χ0) is 10.7. The molecule has 4 heteroatoms. The summed E-state index contributed by atoms with van der Waals surface area (Å²) in [4.78, 5) is 22.7. The maximum Gasteiger partial charge on any atom is 0.201 e. The summed E-state index contributed by atoms with van der Waals surface area (Å²) in [6, 6.07) is 3.17. The Morgan fingerprint density at radius 3 is 2.21 bits per heavy atom. The summed E-state index contributed by atoms with van der Waals surface area (Å²) in [7, 11) is 0. The standard InChI is InChI=1S/C10H6N2O2/c1-2-6-3-9(13)7(4-11)8(5-12)10(6)14/h3H,2H2,1H3. The molecule has 0 bridgehead atoms. The monoisotopic (exact) mass is 186 g/mol. The van der Waals surface area contributed by atoms with Crippen LogP contribution in [0.25, 0.3) is 0 Å². The van der Waals surface area contributed by atoms with Crippen molar-refractivity contribution in [3.63, 3.8) is 0 Å². The Balaban J connectivity index is 3.35. The molecule has 0 amide bonds. The van der Waals surface area contributed by atoms with Gasteiger partial charge in [-0.25, -0.2) is 0 Å². The molecule has 0 atom stereocenters. The summed E-state index contributed by atoms with van der Waals surface area (Å²) in [5, 5.41) is 17.2. The van der Waals surface area contributed by atoms with Crippen LogP contribution in [-0.4, -0.2) is 11.6 Å². The number of nitrogens with zero attached hydrogens (tertiary/aromatic N) is 2. The fourth-order valence-corrected chi connectivity index (χ4v) is 1.17. The van der Waals surface area contributed by atoms with Gasteiger partial charge in [0.2, 0.25) is 5.78 Å². The van der Waals surface area contributed by atoms with E-state index in [2.05, 4.69) is 0 Å². The Hall–Kier alpha value is -2.20. The Kier molecular flexibility index (Phi) is 2.59. The highest BCUT2D eigenvalue weighted by Gasteiger charge is 2.27. The molecule has 0 fully saturated rings. The molecule has 1 rings (SSSR count). The van der Waals surface area contributed by atoms with Gasteiger partial charge in [-0.05, 0) is 12.5 Å². The van der Waals surface area contributed by atoms with Crippen LogP contribution in [0.1, 0.15) is 13.3 Å². The third kappa shape index (κ3) is 1.34. The molecule has 0 aromatic carbocycles. The first-order valence-electron chi connectivity index (χ1n) is 3.99. The van der Waals surface area contributed by atoms with Crippen molar-refractivity contribution in [1.82, 2.24) is 0 Å². The van der Waals surface area contributed by atoms with Gasteiger partial charge in [-0.15, -0.1) is 0 Å². The Labute approximate surface area is 80.7 Å². The van der Waals surface area contributed by atoms with Crippen molar-refractivity contribution in [3.8, 4) is 12.1 Å². The zero-order valence-corrected chi connectivity index (χ0v) is 7.50. The van der Waals surface area contributed by atoms with Crippen LogP contribution >= 0.6 is 0 Å². The van der Waals surface area contributed by atoms with E-state index in [-0.39, 0.29) is 16.7 Å². The fraction of sp³-hybridized carbons (Fsp3) is 0.200. The van der Waals surface area contributed by atoms with E-state index in [0.717, 1.165) is 6.08 Å². The molecule has 4 nitrogen and oxygen atoms in total. The van der Waals surface area contributed by atoms with E-state index in [1.807, 2.05) is 0 Å². The lowest BCUT2D eigenvalue weighted by Crippen LogP contribution is -2.17. The highest BCUT2D eigenvalue weighted by molar-refractivity contribution is 6.25. The molecule has 0 saturated heterocycles. The minimum absolute atomic E-state index is 0.283. The number of rotatable bonds is 1. The maximum absolute atomic E-state index is 11.5. The van der Waals surface area contributed by atoms with Crippen LogP contribution in [0, 0.1) is 22.7 Å². The SMILES string of the molecule is CCC1=CC(=O)C(C#N)=C(C#N)C1=O. The second-order valence-electron chi connectivity index (χ2n) is 2.69. The van der Waals surface area contributed by atoms with Gasteiger partial charge in [0.05, 0.1) is 0 Å². The number of Topliss-reactive ketones (excluding diaryl/α,β-unsaturated/α-hetero) is 1. The van der Waals surface area contributed by atoms with E-state index >= 15 is 0 Å². The molecular weight excluding hydrogens is 180 g/mol. The van der Waals surface area contributed by atoms with E-state index in [4.69, 9.17) is 10.5 Å². The first-order chi connectivity index (χ1) is 6.65. The second kappa shape index (κ2) is 3.68. The minimum Gasteiger partial charge on any atom is -0.288 e. The molecule has 0 aliphatic heterocycles. The molecule has 0 unspecified atom stereocenters. The van der Waals surface area contributed by atoms with Gasteiger partial charge in [-0.3, -0.25) is 9.59 Å². The number of ketones is 2. The number of allylic oxidation sites excluding steroid dienone is 4. The molecule has 0 radical (unpaired) electrons. The maximum atomic E-state index is 11.5. The number of nitriles is 2. The summed E-state index contributed by atoms with van der Waals surface area (Å²) >= 11 is 0. The summed E-state index contributed by atoms with van der Waals surface area (Å²) in [5.41, 5.74) is -0.405. The summed E-state index contributed by atoms with van der Waals surface area (Å²) in [6.07, 6.45) is 1.51. The van der Waals surface area contributed by atoms with Gasteiger partial charge in [0.15, 0.2) is 5.78 Å². The fourth-order valence-electron chi connectivity index (χ4n) is 1.17. The molecule has 0 N–H and O–H groups in total. The van der Waals surface area contributed by atoms with Crippen molar-refractivity contribution < 1.29 is 9.59 Å². The number of carbonyl (C=O) groups excluding carboxylic acids is 2. The van der Waals surface area contributed by atoms with Crippen LogP contribution in [-0.2, 0) is 9.59 Å². The van der Waals surface area contributed by atoms with Crippen molar-refractivity contribution in [2.45, 2.75) is 13.3 Å². The lowest BCUT2D eigenvalue weighted by Gasteiger charge is -2.08. The molecule has 14 heavy (non-hydrogen) atoms. The Morgan fingerprint density at radius 2 is 1.79 bits per heavy atom. The van der Waals surface area contributed by atoms with Crippen molar-refractivity contribution >= 4 is 11.6 Å². The number of hydrogen-bond acceptors (Lipinski definition) is 4. The minimum atomic E-state index is -0.555. The number of hydrogen-bond donors (Lipinski definition) is 0. The third-order valence-electron chi connectivity index (χ3n) is 1.92. The molecule has 1 aliphatic carbocycles. The van der Waals surface area contributed by atoms with E-state index in [0.29, 0.717) is 6.42 Å². The predicted octanol–water partition coefficient (Wildman–Crippen LogP) is 0.818. The zero-order valence-electron chi connectivity index (χ0n) is 7.50. The lowest BCUT2D eigenvalue weighted by atomic mass is 9.90. The first kappa shape index (κ1) is 9.88. The average Bonchev–Trinajstić information content (AvgIpc) is 2.20. The Bertz CT molecular complexity index is 455. The van der Waals surface area contributed by atoms with Crippen molar-refractivity contribution in [3.05, 3.63) is 22.8 Å². The first-order valence-corrected chi connectivity index (χ1v) is 3.99. The second-order valence-corrected chi connectivity index (χ2v) is 2.69. The topological polar surface area (TPSA) is 81.7 Å². The quantitative estimate of drug-likeness (QED) is 0.567. The molecular formula is C10H6N2O2. The molecule has 1 aliphatic rings. The highest BCUT2D eigenvalue weighted by atomic mass is 16.1. The molecule has 68 valence electrons. The average molecular weight is 186 g/mol. The van der Waals surface area contributed by atoms with Gasteiger partial charge in [0.1, 0.15) is 23.3 Å². The van der Waals surface area contributed by atoms with Gasteiger partial charge < -0.3 is 0 Å². The van der Waals surface area contributed by atoms with E-state index < -0.39 is 11.6 Å². The molecule has 0 aromatic heterocycles. The molecule has 0 spiro atoms. The van der Waals surface area contributed by atoms with Crippen molar-refractivity contribution in [2.24, 2.45) is 0 Å². The normalized spacial score (nSPS) is 16.1. The van der Waals surface area contributed by atoms with Gasteiger partial charge in [0.25, 0.3) is 0 Å². The van der Waals surface area contributed by atoms with Crippen molar-refractivity contribution in [1.29, 1.82) is 10.5 Å². The van der Waals surface area contributed by atoms with Crippen molar-refractivity contribution in [2.75, 3.05) is 0 Å². The van der Waals surface area contributed by atoms with E-state index in [1.54, 1.807) is 19.1 Å². The van der Waals surface area contributed by atoms with Crippen LogP contribution < -0.4 is 0 Å². The molecule has 0 aromatic rings. The number of carbonyl (C=O) groups is 2. The van der Waals surface area contributed by atoms with E-state index in [1.165, 1.54) is 0 Å². The Morgan fingerprint density at radius 1 is 1.21 bits per heavy atom.